The van der Waals surface area contributed by atoms with Crippen LogP contribution in [0.3, 0.4) is 0 Å². The summed E-state index contributed by atoms with van der Waals surface area (Å²) in [5, 5.41) is 19.9. The van der Waals surface area contributed by atoms with Crippen LogP contribution < -0.4 is 0 Å². The van der Waals surface area contributed by atoms with Crippen molar-refractivity contribution < 1.29 is 5.21 Å². The number of rotatable bonds is 2. The van der Waals surface area contributed by atoms with Crippen LogP contribution in [0.1, 0.15) is 11.1 Å². The predicted octanol–water partition coefficient (Wildman–Crippen LogP) is 2.28. The van der Waals surface area contributed by atoms with E-state index in [9.17, 15) is 0 Å². The van der Waals surface area contributed by atoms with Gasteiger partial charge < -0.3 is 5.21 Å². The molecular formula is C9H7BrN2O. The Bertz CT molecular complexity index is 351. The van der Waals surface area contributed by atoms with Gasteiger partial charge in [-0.25, -0.2) is 0 Å². The first-order valence-electron chi connectivity index (χ1n) is 3.61. The normalized spacial score (nSPS) is 10.9. The number of benzene rings is 1. The molecule has 0 spiro atoms. The van der Waals surface area contributed by atoms with Crippen molar-refractivity contribution in [3.05, 3.63) is 35.4 Å². The minimum atomic E-state index is 0.470. The lowest BCUT2D eigenvalue weighted by molar-refractivity contribution is 0.320. The van der Waals surface area contributed by atoms with Crippen LogP contribution in [0, 0.1) is 11.3 Å². The Morgan fingerprint density at radius 2 is 2.08 bits per heavy atom. The van der Waals surface area contributed by atoms with Crippen LogP contribution in [-0.2, 0) is 6.42 Å². The summed E-state index contributed by atoms with van der Waals surface area (Å²) in [6.45, 7) is 0. The van der Waals surface area contributed by atoms with Gasteiger partial charge in [0.05, 0.1) is 11.6 Å². The van der Waals surface area contributed by atoms with Gasteiger partial charge in [0, 0.05) is 6.42 Å². The first-order chi connectivity index (χ1) is 6.26. The molecule has 4 heteroatoms. The Hall–Kier alpha value is -1.34. The van der Waals surface area contributed by atoms with Crippen molar-refractivity contribution in [2.75, 3.05) is 0 Å². The van der Waals surface area contributed by atoms with Crippen LogP contribution in [0.15, 0.2) is 29.4 Å². The third-order valence-corrected chi connectivity index (χ3v) is 1.98. The monoisotopic (exact) mass is 238 g/mol. The lowest BCUT2D eigenvalue weighted by atomic mass is 10.1. The molecule has 0 atom stereocenters. The van der Waals surface area contributed by atoms with E-state index in [1.54, 1.807) is 12.1 Å². The molecule has 0 aromatic heterocycles. The van der Waals surface area contributed by atoms with Gasteiger partial charge in [-0.2, -0.15) is 5.26 Å². The lowest BCUT2D eigenvalue weighted by Crippen LogP contribution is -1.93. The summed E-state index contributed by atoms with van der Waals surface area (Å²) in [6.07, 6.45) is 0.530. The highest BCUT2D eigenvalue weighted by atomic mass is 79.9. The van der Waals surface area contributed by atoms with Gasteiger partial charge in [-0.1, -0.05) is 17.3 Å². The topological polar surface area (TPSA) is 56.4 Å². The second kappa shape index (κ2) is 4.63. The molecule has 3 nitrogen and oxygen atoms in total. The maximum atomic E-state index is 8.53. The third kappa shape index (κ3) is 2.88. The van der Waals surface area contributed by atoms with Crippen LogP contribution in [0.5, 0.6) is 0 Å². The Morgan fingerprint density at radius 1 is 1.46 bits per heavy atom. The summed E-state index contributed by atoms with van der Waals surface area (Å²) < 4.78 is 0.470. The molecule has 0 aliphatic carbocycles. The smallest absolute Gasteiger partial charge is 0.126 e. The molecule has 0 unspecified atom stereocenters. The van der Waals surface area contributed by atoms with E-state index >= 15 is 0 Å². The van der Waals surface area contributed by atoms with Crippen molar-refractivity contribution in [1.29, 1.82) is 5.26 Å². The number of oxime groups is 1. The fourth-order valence-electron chi connectivity index (χ4n) is 0.901. The Morgan fingerprint density at radius 3 is 2.54 bits per heavy atom. The zero-order chi connectivity index (χ0) is 9.68. The zero-order valence-corrected chi connectivity index (χ0v) is 8.32. The molecule has 0 radical (unpaired) electrons. The molecule has 1 rings (SSSR count). The number of halogens is 1. The molecule has 13 heavy (non-hydrogen) atoms. The van der Waals surface area contributed by atoms with E-state index in [0.717, 1.165) is 5.56 Å². The highest BCUT2D eigenvalue weighted by Gasteiger charge is 1.97. The maximum absolute atomic E-state index is 8.53. The van der Waals surface area contributed by atoms with Gasteiger partial charge in [0.1, 0.15) is 4.62 Å². The van der Waals surface area contributed by atoms with Gasteiger partial charge >= 0.3 is 0 Å². The van der Waals surface area contributed by atoms with Gasteiger partial charge in [0.2, 0.25) is 0 Å². The van der Waals surface area contributed by atoms with E-state index in [-0.39, 0.29) is 0 Å². The summed E-state index contributed by atoms with van der Waals surface area (Å²) in [5.74, 6) is 0. The average Bonchev–Trinajstić information content (AvgIpc) is 2.19. The first kappa shape index (κ1) is 9.75. The molecule has 0 amide bonds. The van der Waals surface area contributed by atoms with Crippen LogP contribution >= 0.6 is 15.9 Å². The predicted molar refractivity (Wildman–Crippen MR) is 53.0 cm³/mol. The second-order valence-corrected chi connectivity index (χ2v) is 3.38. The molecule has 0 heterocycles. The lowest BCUT2D eigenvalue weighted by Gasteiger charge is -1.97. The number of hydrogen-bond acceptors (Lipinski definition) is 3. The van der Waals surface area contributed by atoms with Crippen molar-refractivity contribution in [2.24, 2.45) is 5.16 Å². The molecule has 1 aromatic carbocycles. The van der Waals surface area contributed by atoms with E-state index in [4.69, 9.17) is 10.5 Å². The van der Waals surface area contributed by atoms with Crippen LogP contribution in [0.2, 0.25) is 0 Å². The van der Waals surface area contributed by atoms with Crippen molar-refractivity contribution in [2.45, 2.75) is 6.42 Å². The van der Waals surface area contributed by atoms with Gasteiger partial charge in [-0.15, -0.1) is 0 Å². The van der Waals surface area contributed by atoms with Crippen LogP contribution in [-0.4, -0.2) is 9.83 Å². The van der Waals surface area contributed by atoms with Gasteiger partial charge in [-0.05, 0) is 33.6 Å². The molecule has 1 aromatic rings. The van der Waals surface area contributed by atoms with Gasteiger partial charge in [0.25, 0.3) is 0 Å². The summed E-state index contributed by atoms with van der Waals surface area (Å²) in [5.41, 5.74) is 1.62. The molecule has 0 saturated heterocycles. The van der Waals surface area contributed by atoms with E-state index in [0.29, 0.717) is 16.6 Å². The number of hydrogen-bond donors (Lipinski definition) is 1. The van der Waals surface area contributed by atoms with Crippen molar-refractivity contribution >= 4 is 20.6 Å². The summed E-state index contributed by atoms with van der Waals surface area (Å²) in [4.78, 5) is 0. The van der Waals surface area contributed by atoms with Crippen LogP contribution in [0.25, 0.3) is 0 Å². The minimum Gasteiger partial charge on any atom is -0.410 e. The molecule has 1 N–H and O–H groups in total. The quantitative estimate of drug-likeness (QED) is 0.489. The number of nitrogens with zero attached hydrogens (tertiary/aromatic N) is 2. The molecule has 66 valence electrons. The second-order valence-electron chi connectivity index (χ2n) is 2.46. The highest BCUT2D eigenvalue weighted by Crippen LogP contribution is 2.06. The largest absolute Gasteiger partial charge is 0.410 e. The van der Waals surface area contributed by atoms with E-state index in [1.807, 2.05) is 18.2 Å². The van der Waals surface area contributed by atoms with Crippen molar-refractivity contribution in [3.8, 4) is 6.07 Å². The zero-order valence-electron chi connectivity index (χ0n) is 6.74. The Kier molecular flexibility index (Phi) is 3.47. The number of nitriles is 1. The average molecular weight is 239 g/mol. The summed E-state index contributed by atoms with van der Waals surface area (Å²) >= 11 is 3.08. The van der Waals surface area contributed by atoms with E-state index < -0.39 is 0 Å². The van der Waals surface area contributed by atoms with Crippen LogP contribution in [0.4, 0.5) is 0 Å². The molecule has 0 saturated carbocycles. The van der Waals surface area contributed by atoms with E-state index in [2.05, 4.69) is 21.1 Å². The van der Waals surface area contributed by atoms with E-state index in [1.165, 1.54) is 0 Å². The van der Waals surface area contributed by atoms with Gasteiger partial charge in [-0.3, -0.25) is 0 Å². The van der Waals surface area contributed by atoms with Crippen molar-refractivity contribution in [3.63, 3.8) is 0 Å². The third-order valence-electron chi connectivity index (χ3n) is 1.54. The highest BCUT2D eigenvalue weighted by molar-refractivity contribution is 9.18. The molecule has 0 bridgehead atoms. The Balaban J connectivity index is 2.77. The Labute approximate surface area is 84.4 Å². The van der Waals surface area contributed by atoms with Gasteiger partial charge in [0.15, 0.2) is 0 Å². The molecule has 0 aliphatic rings. The maximum Gasteiger partial charge on any atom is 0.126 e. The molecule has 0 aliphatic heterocycles. The SMILES string of the molecule is N#Cc1ccc(CC(Br)=NO)cc1. The molecule has 0 fully saturated rings. The fourth-order valence-corrected chi connectivity index (χ4v) is 1.22. The first-order valence-corrected chi connectivity index (χ1v) is 4.41. The fraction of sp³-hybridized carbons (Fsp3) is 0.111. The van der Waals surface area contributed by atoms with Crippen molar-refractivity contribution in [1.82, 2.24) is 0 Å². The summed E-state index contributed by atoms with van der Waals surface area (Å²) in [6, 6.07) is 9.14. The standard InChI is InChI=1S/C9H7BrN2O/c10-9(12-13)5-7-1-3-8(6-11)4-2-7/h1-4,13H,5H2. The summed E-state index contributed by atoms with van der Waals surface area (Å²) in [7, 11) is 0. The molecular weight excluding hydrogens is 232 g/mol. The minimum absolute atomic E-state index is 0.470.